The summed E-state index contributed by atoms with van der Waals surface area (Å²) in [6.45, 7) is 4.53. The van der Waals surface area contributed by atoms with Crippen LogP contribution in [0.3, 0.4) is 0 Å². The highest BCUT2D eigenvalue weighted by Gasteiger charge is 2.18. The van der Waals surface area contributed by atoms with Crippen LogP contribution in [0.5, 0.6) is 0 Å². The summed E-state index contributed by atoms with van der Waals surface area (Å²) in [5, 5.41) is 0. The smallest absolute Gasteiger partial charge is 0.251 e. The van der Waals surface area contributed by atoms with E-state index in [2.05, 4.69) is 49.0 Å². The highest BCUT2D eigenvalue weighted by Crippen LogP contribution is 2.17. The lowest BCUT2D eigenvalue weighted by Gasteiger charge is -2.35. The van der Waals surface area contributed by atoms with Gasteiger partial charge in [0.1, 0.15) is 5.82 Å². The molecule has 4 rings (SSSR count). The first kappa shape index (κ1) is 16.5. The molecule has 132 valence electrons. The van der Waals surface area contributed by atoms with Gasteiger partial charge >= 0.3 is 0 Å². The number of benzene rings is 1. The average Bonchev–Trinajstić information content (AvgIpc) is 2.69. The molecule has 6 heteroatoms. The summed E-state index contributed by atoms with van der Waals surface area (Å²) in [4.78, 5) is 28.3. The number of pyridine rings is 1. The molecule has 0 radical (unpaired) electrons. The van der Waals surface area contributed by atoms with Crippen LogP contribution >= 0.6 is 0 Å². The van der Waals surface area contributed by atoms with Crippen molar-refractivity contribution in [1.29, 1.82) is 0 Å². The molecule has 0 amide bonds. The number of anilines is 1. The number of piperazine rings is 1. The van der Waals surface area contributed by atoms with Crippen molar-refractivity contribution in [3.63, 3.8) is 0 Å². The number of nitrogens with zero attached hydrogens (tertiary/aromatic N) is 4. The van der Waals surface area contributed by atoms with Gasteiger partial charge in [-0.2, -0.15) is 0 Å². The molecule has 1 saturated heterocycles. The SMILES string of the molecule is O=c1cc(CN2CCN(c3ccccc3)CC2)nc(-c2cccnc2)[nH]1. The van der Waals surface area contributed by atoms with Crippen molar-refractivity contribution in [3.05, 3.63) is 77.0 Å². The molecule has 0 saturated carbocycles. The third-order valence-corrected chi connectivity index (χ3v) is 4.61. The maximum absolute atomic E-state index is 12.0. The van der Waals surface area contributed by atoms with E-state index in [-0.39, 0.29) is 5.56 Å². The fourth-order valence-corrected chi connectivity index (χ4v) is 3.26. The van der Waals surface area contributed by atoms with Crippen LogP contribution in [0.4, 0.5) is 5.69 Å². The molecular weight excluding hydrogens is 326 g/mol. The summed E-state index contributed by atoms with van der Waals surface area (Å²) >= 11 is 0. The summed E-state index contributed by atoms with van der Waals surface area (Å²) in [7, 11) is 0. The molecule has 0 spiro atoms. The molecule has 2 aromatic heterocycles. The van der Waals surface area contributed by atoms with Crippen LogP contribution in [0.25, 0.3) is 11.4 Å². The van der Waals surface area contributed by atoms with Gasteiger partial charge in [-0.05, 0) is 24.3 Å². The van der Waals surface area contributed by atoms with Gasteiger partial charge in [0.15, 0.2) is 0 Å². The summed E-state index contributed by atoms with van der Waals surface area (Å²) in [5.41, 5.74) is 2.75. The van der Waals surface area contributed by atoms with Gasteiger partial charge in [0.2, 0.25) is 0 Å². The van der Waals surface area contributed by atoms with Crippen molar-refractivity contribution < 1.29 is 0 Å². The fourth-order valence-electron chi connectivity index (χ4n) is 3.26. The Hall–Kier alpha value is -2.99. The Balaban J connectivity index is 1.44. The second kappa shape index (κ2) is 7.49. The van der Waals surface area contributed by atoms with E-state index in [1.807, 2.05) is 18.2 Å². The van der Waals surface area contributed by atoms with E-state index in [0.29, 0.717) is 12.4 Å². The van der Waals surface area contributed by atoms with Gasteiger partial charge in [0.25, 0.3) is 5.56 Å². The van der Waals surface area contributed by atoms with E-state index < -0.39 is 0 Å². The van der Waals surface area contributed by atoms with E-state index >= 15 is 0 Å². The van der Waals surface area contributed by atoms with Crippen molar-refractivity contribution in [2.75, 3.05) is 31.1 Å². The van der Waals surface area contributed by atoms with E-state index in [1.165, 1.54) is 5.69 Å². The van der Waals surface area contributed by atoms with Gasteiger partial charge in [-0.25, -0.2) is 4.98 Å². The lowest BCUT2D eigenvalue weighted by Crippen LogP contribution is -2.46. The number of nitrogens with one attached hydrogen (secondary N) is 1. The van der Waals surface area contributed by atoms with Gasteiger partial charge in [-0.1, -0.05) is 18.2 Å². The monoisotopic (exact) mass is 347 g/mol. The topological polar surface area (TPSA) is 65.1 Å². The summed E-state index contributed by atoms with van der Waals surface area (Å²) in [6, 6.07) is 15.8. The van der Waals surface area contributed by atoms with E-state index in [1.54, 1.807) is 18.5 Å². The van der Waals surface area contributed by atoms with Crippen molar-refractivity contribution in [2.24, 2.45) is 0 Å². The van der Waals surface area contributed by atoms with Crippen molar-refractivity contribution in [3.8, 4) is 11.4 Å². The van der Waals surface area contributed by atoms with Crippen molar-refractivity contribution in [2.45, 2.75) is 6.54 Å². The fraction of sp³-hybridized carbons (Fsp3) is 0.250. The number of aromatic nitrogens is 3. The second-order valence-corrected chi connectivity index (χ2v) is 6.43. The Morgan fingerprint density at radius 2 is 1.81 bits per heavy atom. The number of hydrogen-bond donors (Lipinski definition) is 1. The van der Waals surface area contributed by atoms with Crippen LogP contribution in [0.15, 0.2) is 65.7 Å². The summed E-state index contributed by atoms with van der Waals surface area (Å²) < 4.78 is 0. The minimum Gasteiger partial charge on any atom is -0.369 e. The quantitative estimate of drug-likeness (QED) is 0.783. The Bertz CT molecular complexity index is 902. The molecule has 3 aromatic rings. The number of H-pyrrole nitrogens is 1. The molecule has 1 aromatic carbocycles. The standard InChI is InChI=1S/C20H21N5O/c26-19-13-17(22-20(23-19)16-5-4-8-21-14-16)15-24-9-11-25(12-10-24)18-6-2-1-3-7-18/h1-8,13-14H,9-12,15H2,(H,22,23,26). The number of hydrogen-bond acceptors (Lipinski definition) is 5. The predicted octanol–water partition coefficient (Wildman–Crippen LogP) is 2.15. The maximum atomic E-state index is 12.0. The minimum absolute atomic E-state index is 0.128. The lowest BCUT2D eigenvalue weighted by molar-refractivity contribution is 0.247. The predicted molar refractivity (Wildman–Crippen MR) is 102 cm³/mol. The van der Waals surface area contributed by atoms with E-state index in [0.717, 1.165) is 37.4 Å². The van der Waals surface area contributed by atoms with E-state index in [4.69, 9.17) is 0 Å². The van der Waals surface area contributed by atoms with E-state index in [9.17, 15) is 4.79 Å². The number of para-hydroxylation sites is 1. The van der Waals surface area contributed by atoms with Crippen LogP contribution in [0.2, 0.25) is 0 Å². The molecule has 6 nitrogen and oxygen atoms in total. The zero-order valence-corrected chi connectivity index (χ0v) is 14.5. The van der Waals surface area contributed by atoms with Gasteiger partial charge in [0, 0.05) is 62.4 Å². The molecule has 1 fully saturated rings. The van der Waals surface area contributed by atoms with Crippen LogP contribution in [-0.4, -0.2) is 46.0 Å². The Morgan fingerprint density at radius 1 is 1.00 bits per heavy atom. The molecule has 1 aliphatic rings. The molecule has 0 atom stereocenters. The first-order valence-electron chi connectivity index (χ1n) is 8.81. The lowest BCUT2D eigenvalue weighted by atomic mass is 10.2. The first-order chi connectivity index (χ1) is 12.8. The van der Waals surface area contributed by atoms with Gasteiger partial charge in [0.05, 0.1) is 5.69 Å². The van der Waals surface area contributed by atoms with Crippen LogP contribution in [-0.2, 0) is 6.54 Å². The summed E-state index contributed by atoms with van der Waals surface area (Å²) in [5.74, 6) is 0.573. The molecule has 0 unspecified atom stereocenters. The Kier molecular flexibility index (Phi) is 4.75. The third-order valence-electron chi connectivity index (χ3n) is 4.61. The summed E-state index contributed by atoms with van der Waals surface area (Å²) in [6.07, 6.45) is 3.42. The minimum atomic E-state index is -0.128. The molecule has 0 bridgehead atoms. The van der Waals surface area contributed by atoms with Gasteiger partial charge < -0.3 is 9.88 Å². The molecule has 3 heterocycles. The molecule has 1 N–H and O–H groups in total. The molecule has 0 aliphatic carbocycles. The zero-order valence-electron chi connectivity index (χ0n) is 14.5. The first-order valence-corrected chi connectivity index (χ1v) is 8.81. The van der Waals surface area contributed by atoms with Crippen molar-refractivity contribution in [1.82, 2.24) is 19.9 Å². The Labute approximate surface area is 152 Å². The molecule has 26 heavy (non-hydrogen) atoms. The number of aromatic amines is 1. The largest absolute Gasteiger partial charge is 0.369 e. The average molecular weight is 347 g/mol. The third kappa shape index (κ3) is 3.81. The highest BCUT2D eigenvalue weighted by molar-refractivity contribution is 5.52. The van der Waals surface area contributed by atoms with Crippen LogP contribution < -0.4 is 10.5 Å². The molecule has 1 aliphatic heterocycles. The van der Waals surface area contributed by atoms with Crippen LogP contribution in [0, 0.1) is 0 Å². The van der Waals surface area contributed by atoms with Crippen molar-refractivity contribution >= 4 is 5.69 Å². The number of rotatable bonds is 4. The normalized spacial score (nSPS) is 15.2. The van der Waals surface area contributed by atoms with Gasteiger partial charge in [-0.3, -0.25) is 14.7 Å². The van der Waals surface area contributed by atoms with Crippen LogP contribution in [0.1, 0.15) is 5.69 Å². The highest BCUT2D eigenvalue weighted by atomic mass is 16.1. The maximum Gasteiger partial charge on any atom is 0.251 e. The Morgan fingerprint density at radius 3 is 2.54 bits per heavy atom. The molecular formula is C20H21N5O. The van der Waals surface area contributed by atoms with Gasteiger partial charge in [-0.15, -0.1) is 0 Å². The zero-order chi connectivity index (χ0) is 17.8. The second-order valence-electron chi connectivity index (χ2n) is 6.43.